The van der Waals surface area contributed by atoms with Gasteiger partial charge in [-0.1, -0.05) is 72.3 Å². The van der Waals surface area contributed by atoms with Crippen LogP contribution in [-0.4, -0.2) is 11.7 Å². The Balaban J connectivity index is 1.80. The zero-order valence-corrected chi connectivity index (χ0v) is 15.0. The molecule has 0 fully saturated rings. The van der Waals surface area contributed by atoms with E-state index in [2.05, 4.69) is 5.32 Å². The summed E-state index contributed by atoms with van der Waals surface area (Å²) in [5, 5.41) is 3.32. The van der Waals surface area contributed by atoms with Crippen LogP contribution in [0.5, 0.6) is 0 Å². The Bertz CT molecular complexity index is 938. The predicted octanol–water partition coefficient (Wildman–Crippen LogP) is 5.31. The van der Waals surface area contributed by atoms with E-state index in [1.54, 1.807) is 55.5 Å². The van der Waals surface area contributed by atoms with Crippen molar-refractivity contribution in [1.82, 2.24) is 0 Å². The summed E-state index contributed by atoms with van der Waals surface area (Å²) in [6.07, 6.45) is 0. The summed E-state index contributed by atoms with van der Waals surface area (Å²) in [6.45, 7) is 1.80. The van der Waals surface area contributed by atoms with Crippen LogP contribution in [0, 0.1) is 0 Å². The zero-order chi connectivity index (χ0) is 18.5. The number of hydrogen-bond acceptors (Lipinski definition) is 2. The van der Waals surface area contributed by atoms with E-state index in [-0.39, 0.29) is 11.7 Å². The lowest BCUT2D eigenvalue weighted by Gasteiger charge is -2.14. The average Bonchev–Trinajstić information content (AvgIpc) is 2.69. The van der Waals surface area contributed by atoms with Gasteiger partial charge in [0, 0.05) is 11.1 Å². The SMILES string of the molecule is C[C@@H](C(=O)Nc1ccccc1Cl)c1cccc(C(=O)c2ccccc2)c1. The second kappa shape index (κ2) is 7.98. The van der Waals surface area contributed by atoms with Crippen molar-refractivity contribution in [1.29, 1.82) is 0 Å². The van der Waals surface area contributed by atoms with Crippen molar-refractivity contribution >= 4 is 29.0 Å². The Hall–Kier alpha value is -2.91. The second-order valence-corrected chi connectivity index (χ2v) is 6.42. The van der Waals surface area contributed by atoms with Gasteiger partial charge in [0.15, 0.2) is 5.78 Å². The number of hydrogen-bond donors (Lipinski definition) is 1. The highest BCUT2D eigenvalue weighted by molar-refractivity contribution is 6.33. The molecule has 3 nitrogen and oxygen atoms in total. The molecule has 0 radical (unpaired) electrons. The average molecular weight is 364 g/mol. The van der Waals surface area contributed by atoms with Gasteiger partial charge >= 0.3 is 0 Å². The van der Waals surface area contributed by atoms with Gasteiger partial charge in [-0.2, -0.15) is 0 Å². The molecule has 130 valence electrons. The van der Waals surface area contributed by atoms with E-state index in [1.165, 1.54) is 0 Å². The molecule has 26 heavy (non-hydrogen) atoms. The highest BCUT2D eigenvalue weighted by Crippen LogP contribution is 2.24. The van der Waals surface area contributed by atoms with Crippen molar-refractivity contribution in [3.63, 3.8) is 0 Å². The number of benzene rings is 3. The number of halogens is 1. The highest BCUT2D eigenvalue weighted by Gasteiger charge is 2.18. The molecule has 1 amide bonds. The number of carbonyl (C=O) groups is 2. The van der Waals surface area contributed by atoms with Crippen LogP contribution in [0.2, 0.25) is 5.02 Å². The van der Waals surface area contributed by atoms with E-state index in [0.29, 0.717) is 21.8 Å². The molecule has 0 bridgehead atoms. The normalized spacial score (nSPS) is 11.6. The molecule has 0 aliphatic rings. The molecule has 3 aromatic carbocycles. The number of para-hydroxylation sites is 1. The quantitative estimate of drug-likeness (QED) is 0.624. The van der Waals surface area contributed by atoms with Gasteiger partial charge in [-0.05, 0) is 30.7 Å². The summed E-state index contributed by atoms with van der Waals surface area (Å²) in [6, 6.07) is 23.4. The minimum atomic E-state index is -0.421. The van der Waals surface area contributed by atoms with Gasteiger partial charge in [0.2, 0.25) is 5.91 Å². The maximum Gasteiger partial charge on any atom is 0.231 e. The van der Waals surface area contributed by atoms with Crippen molar-refractivity contribution in [2.75, 3.05) is 5.32 Å². The first-order chi connectivity index (χ1) is 12.6. The van der Waals surface area contributed by atoms with Crippen LogP contribution in [0.4, 0.5) is 5.69 Å². The summed E-state index contributed by atoms with van der Waals surface area (Å²) < 4.78 is 0. The Kier molecular flexibility index (Phi) is 5.49. The van der Waals surface area contributed by atoms with Crippen molar-refractivity contribution in [3.8, 4) is 0 Å². The van der Waals surface area contributed by atoms with Gasteiger partial charge in [-0.25, -0.2) is 0 Å². The molecule has 1 atom stereocenters. The lowest BCUT2D eigenvalue weighted by Crippen LogP contribution is -2.19. The van der Waals surface area contributed by atoms with E-state index in [1.807, 2.05) is 30.3 Å². The Morgan fingerprint density at radius 1 is 0.846 bits per heavy atom. The fraction of sp³-hybridized carbons (Fsp3) is 0.0909. The number of rotatable bonds is 5. The third-order valence-electron chi connectivity index (χ3n) is 4.21. The zero-order valence-electron chi connectivity index (χ0n) is 14.3. The molecule has 3 aromatic rings. The van der Waals surface area contributed by atoms with Crippen molar-refractivity contribution in [3.05, 3.63) is 101 Å². The third kappa shape index (κ3) is 4.01. The number of amides is 1. The lowest BCUT2D eigenvalue weighted by molar-refractivity contribution is -0.117. The highest BCUT2D eigenvalue weighted by atomic mass is 35.5. The molecule has 0 spiro atoms. The summed E-state index contributed by atoms with van der Waals surface area (Å²) in [5.41, 5.74) is 2.53. The number of carbonyl (C=O) groups excluding carboxylic acids is 2. The standard InChI is InChI=1S/C22H18ClNO2/c1-15(22(26)24-20-13-6-5-12-19(20)23)17-10-7-11-18(14-17)21(25)16-8-3-2-4-9-16/h2-15H,1H3,(H,24,26)/t15-/m1/s1. The lowest BCUT2D eigenvalue weighted by atomic mass is 9.95. The van der Waals surface area contributed by atoms with Gasteiger partial charge in [0.1, 0.15) is 0 Å². The molecule has 0 aliphatic heterocycles. The van der Waals surface area contributed by atoms with E-state index in [0.717, 1.165) is 5.56 Å². The fourth-order valence-corrected chi connectivity index (χ4v) is 2.84. The van der Waals surface area contributed by atoms with Gasteiger partial charge in [0.25, 0.3) is 0 Å². The smallest absolute Gasteiger partial charge is 0.231 e. The van der Waals surface area contributed by atoms with Crippen LogP contribution in [-0.2, 0) is 4.79 Å². The largest absolute Gasteiger partial charge is 0.324 e. The fourth-order valence-electron chi connectivity index (χ4n) is 2.66. The Morgan fingerprint density at radius 2 is 1.50 bits per heavy atom. The molecular formula is C22H18ClNO2. The van der Waals surface area contributed by atoms with Crippen LogP contribution in [0.3, 0.4) is 0 Å². The van der Waals surface area contributed by atoms with Crippen molar-refractivity contribution in [2.24, 2.45) is 0 Å². The van der Waals surface area contributed by atoms with E-state index in [9.17, 15) is 9.59 Å². The molecule has 0 aromatic heterocycles. The minimum absolute atomic E-state index is 0.0637. The van der Waals surface area contributed by atoms with Gasteiger partial charge in [-0.3, -0.25) is 9.59 Å². The molecule has 1 N–H and O–H groups in total. The van der Waals surface area contributed by atoms with Crippen LogP contribution < -0.4 is 5.32 Å². The van der Waals surface area contributed by atoms with Crippen LogP contribution in [0.25, 0.3) is 0 Å². The van der Waals surface area contributed by atoms with Gasteiger partial charge in [0.05, 0.1) is 16.6 Å². The summed E-state index contributed by atoms with van der Waals surface area (Å²) in [7, 11) is 0. The summed E-state index contributed by atoms with van der Waals surface area (Å²) in [5.74, 6) is -0.664. The predicted molar refractivity (Wildman–Crippen MR) is 105 cm³/mol. The topological polar surface area (TPSA) is 46.2 Å². The molecule has 4 heteroatoms. The summed E-state index contributed by atoms with van der Waals surface area (Å²) in [4.78, 5) is 25.2. The Labute approximate surface area is 157 Å². The first-order valence-electron chi connectivity index (χ1n) is 8.31. The monoisotopic (exact) mass is 363 g/mol. The maximum absolute atomic E-state index is 12.6. The molecule has 0 unspecified atom stereocenters. The molecule has 3 rings (SSSR count). The number of ketones is 1. The van der Waals surface area contributed by atoms with Gasteiger partial charge < -0.3 is 5.32 Å². The molecular weight excluding hydrogens is 346 g/mol. The second-order valence-electron chi connectivity index (χ2n) is 6.01. The number of nitrogens with one attached hydrogen (secondary N) is 1. The van der Waals surface area contributed by atoms with E-state index in [4.69, 9.17) is 11.6 Å². The van der Waals surface area contributed by atoms with Crippen molar-refractivity contribution in [2.45, 2.75) is 12.8 Å². The third-order valence-corrected chi connectivity index (χ3v) is 4.54. The summed E-state index contributed by atoms with van der Waals surface area (Å²) >= 11 is 6.09. The first kappa shape index (κ1) is 17.9. The van der Waals surface area contributed by atoms with Crippen LogP contribution >= 0.6 is 11.6 Å². The van der Waals surface area contributed by atoms with Gasteiger partial charge in [-0.15, -0.1) is 0 Å². The van der Waals surface area contributed by atoms with Crippen LogP contribution in [0.15, 0.2) is 78.9 Å². The van der Waals surface area contributed by atoms with E-state index < -0.39 is 5.92 Å². The number of anilines is 1. The Morgan fingerprint density at radius 3 is 2.23 bits per heavy atom. The van der Waals surface area contributed by atoms with E-state index >= 15 is 0 Å². The molecule has 0 saturated carbocycles. The van der Waals surface area contributed by atoms with Crippen LogP contribution in [0.1, 0.15) is 34.3 Å². The first-order valence-corrected chi connectivity index (χ1v) is 8.69. The molecule has 0 saturated heterocycles. The molecule has 0 heterocycles. The molecule has 0 aliphatic carbocycles. The van der Waals surface area contributed by atoms with Crippen molar-refractivity contribution < 1.29 is 9.59 Å². The maximum atomic E-state index is 12.6. The minimum Gasteiger partial charge on any atom is -0.324 e.